The molecule has 1 saturated carbocycles. The van der Waals surface area contributed by atoms with E-state index >= 15 is 0 Å². The summed E-state index contributed by atoms with van der Waals surface area (Å²) in [6.07, 6.45) is 3.90. The van der Waals surface area contributed by atoms with E-state index in [1.807, 2.05) is 11.8 Å². The average Bonchev–Trinajstić information content (AvgIpc) is 2.53. The van der Waals surface area contributed by atoms with Crippen LogP contribution in [0.15, 0.2) is 0 Å². The smallest absolute Gasteiger partial charge is 0.188 e. The van der Waals surface area contributed by atoms with E-state index < -0.39 is 0 Å². The van der Waals surface area contributed by atoms with Crippen LogP contribution in [0.3, 0.4) is 0 Å². The number of ether oxygens (including phenoxy) is 1. The standard InChI is InChI=1S/C11H21N3O/c1-2-15-7-9-6-14(10(12)13)8-11(9)4-3-5-11/h9H,2-8H2,1H3,(H3,12,13)/t9-/m0/s1. The molecule has 1 spiro atoms. The number of rotatable bonds is 3. The Bertz CT molecular complexity index is 250. The largest absolute Gasteiger partial charge is 0.381 e. The summed E-state index contributed by atoms with van der Waals surface area (Å²) in [5.74, 6) is 0.801. The van der Waals surface area contributed by atoms with E-state index in [9.17, 15) is 0 Å². The van der Waals surface area contributed by atoms with Crippen molar-refractivity contribution in [2.75, 3.05) is 26.3 Å². The van der Waals surface area contributed by atoms with Crippen molar-refractivity contribution >= 4 is 5.96 Å². The molecule has 4 heteroatoms. The van der Waals surface area contributed by atoms with Gasteiger partial charge in [0.1, 0.15) is 0 Å². The molecule has 86 valence electrons. The Hall–Kier alpha value is -0.770. The molecule has 3 N–H and O–H groups in total. The highest BCUT2D eigenvalue weighted by Gasteiger charge is 2.50. The molecule has 0 aromatic carbocycles. The van der Waals surface area contributed by atoms with Gasteiger partial charge in [0.15, 0.2) is 5.96 Å². The lowest BCUT2D eigenvalue weighted by atomic mass is 9.63. The molecule has 4 nitrogen and oxygen atoms in total. The summed E-state index contributed by atoms with van der Waals surface area (Å²) in [6.45, 7) is 5.54. The first-order valence-electron chi connectivity index (χ1n) is 5.85. The minimum atomic E-state index is 0.222. The molecule has 1 atom stereocenters. The van der Waals surface area contributed by atoms with Gasteiger partial charge in [0.05, 0.1) is 6.61 Å². The third-order valence-corrected chi connectivity index (χ3v) is 4.03. The van der Waals surface area contributed by atoms with Gasteiger partial charge in [-0.2, -0.15) is 0 Å². The first kappa shape index (κ1) is 10.7. The highest BCUT2D eigenvalue weighted by molar-refractivity contribution is 5.75. The molecular weight excluding hydrogens is 190 g/mol. The van der Waals surface area contributed by atoms with Crippen LogP contribution >= 0.6 is 0 Å². The highest BCUT2D eigenvalue weighted by Crippen LogP contribution is 2.51. The van der Waals surface area contributed by atoms with Crippen molar-refractivity contribution in [3.05, 3.63) is 0 Å². The highest BCUT2D eigenvalue weighted by atomic mass is 16.5. The Balaban J connectivity index is 1.98. The number of hydrogen-bond acceptors (Lipinski definition) is 2. The number of likely N-dealkylation sites (tertiary alicyclic amines) is 1. The van der Waals surface area contributed by atoms with E-state index in [1.54, 1.807) is 0 Å². The molecule has 1 aliphatic heterocycles. The topological polar surface area (TPSA) is 62.3 Å². The fraction of sp³-hybridized carbons (Fsp3) is 0.909. The zero-order chi connectivity index (χ0) is 10.9. The zero-order valence-corrected chi connectivity index (χ0v) is 9.46. The van der Waals surface area contributed by atoms with Crippen LogP contribution < -0.4 is 5.73 Å². The molecular formula is C11H21N3O. The van der Waals surface area contributed by atoms with Gasteiger partial charge in [0.2, 0.25) is 0 Å². The van der Waals surface area contributed by atoms with Crippen LogP contribution in [-0.2, 0) is 4.74 Å². The second-order valence-corrected chi connectivity index (χ2v) is 4.84. The second kappa shape index (κ2) is 4.00. The van der Waals surface area contributed by atoms with Crippen molar-refractivity contribution in [2.24, 2.45) is 17.1 Å². The number of nitrogens with one attached hydrogen (secondary N) is 1. The first-order valence-corrected chi connectivity index (χ1v) is 5.85. The van der Waals surface area contributed by atoms with Crippen molar-refractivity contribution in [3.8, 4) is 0 Å². The SMILES string of the molecule is CCOC[C@@H]1CN(C(=N)N)CC12CCC2. The normalized spacial score (nSPS) is 28.1. The van der Waals surface area contributed by atoms with Crippen LogP contribution in [0, 0.1) is 16.7 Å². The molecule has 2 fully saturated rings. The van der Waals surface area contributed by atoms with Gasteiger partial charge in [-0.05, 0) is 25.2 Å². The molecule has 0 aromatic rings. The third-order valence-electron chi connectivity index (χ3n) is 4.03. The van der Waals surface area contributed by atoms with E-state index in [0.29, 0.717) is 11.3 Å². The van der Waals surface area contributed by atoms with Crippen LogP contribution in [0.2, 0.25) is 0 Å². The zero-order valence-electron chi connectivity index (χ0n) is 9.46. The lowest BCUT2D eigenvalue weighted by Crippen LogP contribution is -2.40. The quantitative estimate of drug-likeness (QED) is 0.541. The van der Waals surface area contributed by atoms with Crippen LogP contribution in [0.5, 0.6) is 0 Å². The van der Waals surface area contributed by atoms with Crippen LogP contribution in [0.1, 0.15) is 26.2 Å². The molecule has 15 heavy (non-hydrogen) atoms. The van der Waals surface area contributed by atoms with E-state index in [0.717, 1.165) is 26.3 Å². The van der Waals surface area contributed by atoms with Crippen molar-refractivity contribution in [1.82, 2.24) is 4.90 Å². The van der Waals surface area contributed by atoms with Crippen LogP contribution in [0.4, 0.5) is 0 Å². The van der Waals surface area contributed by atoms with Gasteiger partial charge >= 0.3 is 0 Å². The predicted octanol–water partition coefficient (Wildman–Crippen LogP) is 1.02. The van der Waals surface area contributed by atoms with E-state index in [2.05, 4.69) is 0 Å². The van der Waals surface area contributed by atoms with Gasteiger partial charge in [-0.15, -0.1) is 0 Å². The summed E-state index contributed by atoms with van der Waals surface area (Å²) in [5.41, 5.74) is 5.97. The Morgan fingerprint density at radius 3 is 2.80 bits per heavy atom. The van der Waals surface area contributed by atoms with Gasteiger partial charge in [0, 0.05) is 25.6 Å². The Morgan fingerprint density at radius 1 is 1.60 bits per heavy atom. The molecule has 1 heterocycles. The first-order chi connectivity index (χ1) is 7.18. The summed E-state index contributed by atoms with van der Waals surface area (Å²) >= 11 is 0. The summed E-state index contributed by atoms with van der Waals surface area (Å²) in [7, 11) is 0. The summed E-state index contributed by atoms with van der Waals surface area (Å²) in [4.78, 5) is 2.00. The summed E-state index contributed by atoms with van der Waals surface area (Å²) in [5, 5.41) is 7.50. The number of nitrogens with zero attached hydrogens (tertiary/aromatic N) is 1. The minimum Gasteiger partial charge on any atom is -0.381 e. The fourth-order valence-electron chi connectivity index (χ4n) is 2.90. The Morgan fingerprint density at radius 2 is 2.33 bits per heavy atom. The molecule has 2 rings (SSSR count). The van der Waals surface area contributed by atoms with Crippen molar-refractivity contribution < 1.29 is 4.74 Å². The average molecular weight is 211 g/mol. The van der Waals surface area contributed by atoms with Crippen molar-refractivity contribution in [2.45, 2.75) is 26.2 Å². The molecule has 0 bridgehead atoms. The lowest BCUT2D eigenvalue weighted by molar-refractivity contribution is 0.0226. The molecule has 0 amide bonds. The molecule has 2 aliphatic rings. The van der Waals surface area contributed by atoms with Crippen molar-refractivity contribution in [3.63, 3.8) is 0 Å². The maximum Gasteiger partial charge on any atom is 0.188 e. The van der Waals surface area contributed by atoms with Gasteiger partial charge in [-0.3, -0.25) is 5.41 Å². The lowest BCUT2D eigenvalue weighted by Gasteiger charge is -2.42. The van der Waals surface area contributed by atoms with Crippen molar-refractivity contribution in [1.29, 1.82) is 5.41 Å². The van der Waals surface area contributed by atoms with E-state index in [4.69, 9.17) is 15.9 Å². The predicted molar refractivity (Wildman–Crippen MR) is 59.8 cm³/mol. The van der Waals surface area contributed by atoms with Crippen LogP contribution in [0.25, 0.3) is 0 Å². The monoisotopic (exact) mass is 211 g/mol. The number of nitrogens with two attached hydrogens (primary N) is 1. The van der Waals surface area contributed by atoms with Gasteiger partial charge in [-0.25, -0.2) is 0 Å². The number of hydrogen-bond donors (Lipinski definition) is 2. The van der Waals surface area contributed by atoms with Gasteiger partial charge < -0.3 is 15.4 Å². The maximum absolute atomic E-state index is 7.50. The summed E-state index contributed by atoms with van der Waals surface area (Å²) < 4.78 is 5.54. The van der Waals surface area contributed by atoms with Gasteiger partial charge in [0.25, 0.3) is 0 Å². The fourth-order valence-corrected chi connectivity index (χ4v) is 2.90. The molecule has 1 saturated heterocycles. The molecule has 0 aromatic heterocycles. The maximum atomic E-state index is 7.50. The Labute approximate surface area is 91.3 Å². The molecule has 0 unspecified atom stereocenters. The van der Waals surface area contributed by atoms with Crippen LogP contribution in [-0.4, -0.2) is 37.2 Å². The molecule has 1 aliphatic carbocycles. The Kier molecular flexibility index (Phi) is 2.87. The summed E-state index contributed by atoms with van der Waals surface area (Å²) in [6, 6.07) is 0. The minimum absolute atomic E-state index is 0.222. The van der Waals surface area contributed by atoms with Gasteiger partial charge in [-0.1, -0.05) is 6.42 Å². The van der Waals surface area contributed by atoms with E-state index in [-0.39, 0.29) is 5.96 Å². The molecule has 0 radical (unpaired) electrons. The van der Waals surface area contributed by atoms with E-state index in [1.165, 1.54) is 19.3 Å². The second-order valence-electron chi connectivity index (χ2n) is 4.84. The third kappa shape index (κ3) is 1.83. The number of guanidine groups is 1.